The van der Waals surface area contributed by atoms with Crippen LogP contribution in [0.3, 0.4) is 0 Å². The fraction of sp³-hybridized carbons (Fsp3) is 0.357. The van der Waals surface area contributed by atoms with Crippen molar-refractivity contribution < 1.29 is 4.42 Å². The average molecular weight is 256 g/mol. The van der Waals surface area contributed by atoms with Gasteiger partial charge in [-0.3, -0.25) is 0 Å². The fourth-order valence-electron chi connectivity index (χ4n) is 1.70. The molecule has 98 valence electrons. The molecule has 5 nitrogen and oxygen atoms in total. The first-order valence-corrected chi connectivity index (χ1v) is 6.32. The Morgan fingerprint density at radius 2 is 2.26 bits per heavy atom. The first kappa shape index (κ1) is 13.2. The first-order chi connectivity index (χ1) is 9.24. The molecule has 0 amide bonds. The maximum absolute atomic E-state index is 8.87. The minimum atomic E-state index is 0.0281. The topological polar surface area (TPSA) is 74.7 Å². The molecule has 0 saturated carbocycles. The van der Waals surface area contributed by atoms with Gasteiger partial charge in [-0.25, -0.2) is 0 Å². The normalized spacial score (nSPS) is 12.1. The molecule has 0 radical (unpaired) electrons. The van der Waals surface area contributed by atoms with Gasteiger partial charge in [0.1, 0.15) is 0 Å². The summed E-state index contributed by atoms with van der Waals surface area (Å²) < 4.78 is 5.63. The van der Waals surface area contributed by atoms with Gasteiger partial charge >= 0.3 is 0 Å². The largest absolute Gasteiger partial charge is 0.419 e. The monoisotopic (exact) mass is 256 g/mol. The third kappa shape index (κ3) is 3.18. The van der Waals surface area contributed by atoms with Crippen molar-refractivity contribution in [2.45, 2.75) is 26.3 Å². The summed E-state index contributed by atoms with van der Waals surface area (Å²) in [5, 5.41) is 20.2. The third-order valence-electron chi connectivity index (χ3n) is 2.75. The minimum Gasteiger partial charge on any atom is -0.419 e. The van der Waals surface area contributed by atoms with Crippen LogP contribution in [0.15, 0.2) is 28.7 Å². The van der Waals surface area contributed by atoms with Gasteiger partial charge in [-0.1, -0.05) is 13.0 Å². The Kier molecular flexibility index (Phi) is 4.26. The van der Waals surface area contributed by atoms with Gasteiger partial charge in [0.15, 0.2) is 0 Å². The van der Waals surface area contributed by atoms with Crippen molar-refractivity contribution in [3.8, 4) is 17.5 Å². The lowest BCUT2D eigenvalue weighted by molar-refractivity contribution is 0.423. The van der Waals surface area contributed by atoms with Crippen LogP contribution in [0.25, 0.3) is 11.5 Å². The molecular formula is C14H16N4O. The highest BCUT2D eigenvalue weighted by molar-refractivity contribution is 5.55. The molecule has 1 aromatic heterocycles. The van der Waals surface area contributed by atoms with Crippen molar-refractivity contribution in [1.29, 1.82) is 5.26 Å². The highest BCUT2D eigenvalue weighted by Gasteiger charge is 2.14. The number of hydrogen-bond acceptors (Lipinski definition) is 5. The van der Waals surface area contributed by atoms with Crippen LogP contribution >= 0.6 is 0 Å². The summed E-state index contributed by atoms with van der Waals surface area (Å²) in [7, 11) is 0. The lowest BCUT2D eigenvalue weighted by Crippen LogP contribution is -2.19. The number of rotatable bonds is 5. The van der Waals surface area contributed by atoms with Crippen molar-refractivity contribution in [3.05, 3.63) is 35.7 Å². The number of aromatic nitrogens is 2. The maximum atomic E-state index is 8.87. The van der Waals surface area contributed by atoms with E-state index < -0.39 is 0 Å². The molecule has 1 atom stereocenters. The summed E-state index contributed by atoms with van der Waals surface area (Å²) in [5.74, 6) is 1.00. The number of nitriles is 1. The molecule has 0 aliphatic carbocycles. The maximum Gasteiger partial charge on any atom is 0.247 e. The Morgan fingerprint density at radius 1 is 1.42 bits per heavy atom. The van der Waals surface area contributed by atoms with Gasteiger partial charge in [-0.05, 0) is 38.1 Å². The number of nitrogens with zero attached hydrogens (tertiary/aromatic N) is 3. The van der Waals surface area contributed by atoms with Crippen molar-refractivity contribution in [3.63, 3.8) is 0 Å². The molecule has 19 heavy (non-hydrogen) atoms. The summed E-state index contributed by atoms with van der Waals surface area (Å²) in [6.45, 7) is 4.99. The van der Waals surface area contributed by atoms with Crippen LogP contribution in [0.1, 0.15) is 37.8 Å². The molecule has 0 aliphatic heterocycles. The predicted octanol–water partition coefficient (Wildman–Crippen LogP) is 2.67. The second-order valence-corrected chi connectivity index (χ2v) is 4.31. The summed E-state index contributed by atoms with van der Waals surface area (Å²) in [6.07, 6.45) is 1.05. The van der Waals surface area contributed by atoms with E-state index in [0.29, 0.717) is 17.3 Å². The fourth-order valence-corrected chi connectivity index (χ4v) is 1.70. The van der Waals surface area contributed by atoms with Crippen molar-refractivity contribution in [2.75, 3.05) is 6.54 Å². The van der Waals surface area contributed by atoms with Crippen LogP contribution in [0.4, 0.5) is 0 Å². The van der Waals surface area contributed by atoms with Crippen LogP contribution in [-0.2, 0) is 0 Å². The van der Waals surface area contributed by atoms with Crippen LogP contribution < -0.4 is 5.32 Å². The Hall–Kier alpha value is -2.19. The van der Waals surface area contributed by atoms with Gasteiger partial charge in [0.05, 0.1) is 17.7 Å². The van der Waals surface area contributed by atoms with E-state index in [9.17, 15) is 0 Å². The van der Waals surface area contributed by atoms with E-state index in [1.165, 1.54) is 0 Å². The van der Waals surface area contributed by atoms with Gasteiger partial charge in [0, 0.05) is 5.56 Å². The summed E-state index contributed by atoms with van der Waals surface area (Å²) in [4.78, 5) is 0. The Morgan fingerprint density at radius 3 is 3.00 bits per heavy atom. The summed E-state index contributed by atoms with van der Waals surface area (Å²) in [5.41, 5.74) is 1.34. The Balaban J connectivity index is 2.18. The van der Waals surface area contributed by atoms with E-state index in [2.05, 4.69) is 28.5 Å². The molecule has 1 unspecified atom stereocenters. The van der Waals surface area contributed by atoms with Gasteiger partial charge in [0.25, 0.3) is 0 Å². The SMILES string of the molecule is CCCNC(C)c1nnc(-c2cccc(C#N)c2)o1. The lowest BCUT2D eigenvalue weighted by atomic mass is 10.1. The second-order valence-electron chi connectivity index (χ2n) is 4.31. The number of benzene rings is 1. The molecule has 2 rings (SSSR count). The lowest BCUT2D eigenvalue weighted by Gasteiger charge is -2.07. The van der Waals surface area contributed by atoms with Crippen LogP contribution in [-0.4, -0.2) is 16.7 Å². The highest BCUT2D eigenvalue weighted by atomic mass is 16.4. The zero-order valence-corrected chi connectivity index (χ0v) is 11.1. The molecule has 1 aromatic carbocycles. The van der Waals surface area contributed by atoms with Crippen LogP contribution in [0.5, 0.6) is 0 Å². The van der Waals surface area contributed by atoms with Gasteiger partial charge < -0.3 is 9.73 Å². The Bertz CT molecular complexity index is 585. The van der Waals surface area contributed by atoms with Gasteiger partial charge in [-0.15, -0.1) is 10.2 Å². The van der Waals surface area contributed by atoms with Crippen molar-refractivity contribution in [2.24, 2.45) is 0 Å². The summed E-state index contributed by atoms with van der Waals surface area (Å²) in [6, 6.07) is 9.25. The highest BCUT2D eigenvalue weighted by Crippen LogP contribution is 2.21. The molecule has 0 spiro atoms. The minimum absolute atomic E-state index is 0.0281. The summed E-state index contributed by atoms with van der Waals surface area (Å²) >= 11 is 0. The predicted molar refractivity (Wildman–Crippen MR) is 71.2 cm³/mol. The van der Waals surface area contributed by atoms with E-state index in [-0.39, 0.29) is 6.04 Å². The van der Waals surface area contributed by atoms with Gasteiger partial charge in [-0.2, -0.15) is 5.26 Å². The van der Waals surface area contributed by atoms with E-state index in [4.69, 9.17) is 9.68 Å². The average Bonchev–Trinajstić information content (AvgIpc) is 2.94. The van der Waals surface area contributed by atoms with E-state index in [1.54, 1.807) is 18.2 Å². The van der Waals surface area contributed by atoms with E-state index >= 15 is 0 Å². The van der Waals surface area contributed by atoms with E-state index in [0.717, 1.165) is 18.5 Å². The molecular weight excluding hydrogens is 240 g/mol. The number of hydrogen-bond donors (Lipinski definition) is 1. The van der Waals surface area contributed by atoms with Crippen LogP contribution in [0, 0.1) is 11.3 Å². The molecule has 0 aliphatic rings. The first-order valence-electron chi connectivity index (χ1n) is 6.32. The standard InChI is InChI=1S/C14H16N4O/c1-3-7-16-10(2)13-17-18-14(19-13)12-6-4-5-11(8-12)9-15/h4-6,8,10,16H,3,7H2,1-2H3. The number of nitrogens with one attached hydrogen (secondary N) is 1. The van der Waals surface area contributed by atoms with E-state index in [1.807, 2.05) is 13.0 Å². The molecule has 5 heteroatoms. The third-order valence-corrected chi connectivity index (χ3v) is 2.75. The molecule has 1 heterocycles. The molecule has 2 aromatic rings. The molecule has 0 bridgehead atoms. The molecule has 0 fully saturated rings. The smallest absolute Gasteiger partial charge is 0.247 e. The van der Waals surface area contributed by atoms with Gasteiger partial charge in [0.2, 0.25) is 11.8 Å². The van der Waals surface area contributed by atoms with Crippen molar-refractivity contribution in [1.82, 2.24) is 15.5 Å². The quantitative estimate of drug-likeness (QED) is 0.890. The second kappa shape index (κ2) is 6.12. The molecule has 1 N–H and O–H groups in total. The zero-order valence-electron chi connectivity index (χ0n) is 11.1. The van der Waals surface area contributed by atoms with Crippen LogP contribution in [0.2, 0.25) is 0 Å². The van der Waals surface area contributed by atoms with Crippen molar-refractivity contribution >= 4 is 0 Å². The Labute approximate surface area is 112 Å². The zero-order chi connectivity index (χ0) is 13.7. The molecule has 0 saturated heterocycles.